The molecule has 0 amide bonds. The summed E-state index contributed by atoms with van der Waals surface area (Å²) in [4.78, 5) is 4.01. The van der Waals surface area contributed by atoms with Crippen LogP contribution >= 0.6 is 0 Å². The van der Waals surface area contributed by atoms with Gasteiger partial charge in [0.05, 0.1) is 6.54 Å². The van der Waals surface area contributed by atoms with E-state index in [0.717, 1.165) is 16.3 Å². The fourth-order valence-corrected chi connectivity index (χ4v) is 1.57. The van der Waals surface area contributed by atoms with Gasteiger partial charge in [-0.15, -0.1) is 0 Å². The summed E-state index contributed by atoms with van der Waals surface area (Å²) in [6.07, 6.45) is 1.20. The van der Waals surface area contributed by atoms with E-state index < -0.39 is 6.43 Å². The van der Waals surface area contributed by atoms with Crippen LogP contribution in [-0.4, -0.2) is 18.0 Å². The molecule has 0 spiro atoms. The molecular formula is C12H12F2N2. The molecule has 0 radical (unpaired) electrons. The van der Waals surface area contributed by atoms with Crippen molar-refractivity contribution in [1.82, 2.24) is 10.3 Å². The first kappa shape index (κ1) is 11.0. The van der Waals surface area contributed by atoms with Crippen molar-refractivity contribution in [2.45, 2.75) is 13.0 Å². The van der Waals surface area contributed by atoms with Crippen LogP contribution in [0.2, 0.25) is 0 Å². The normalized spacial score (nSPS) is 11.2. The summed E-state index contributed by atoms with van der Waals surface area (Å²) in [5, 5.41) is 4.83. The molecule has 2 aromatic rings. The third-order valence-corrected chi connectivity index (χ3v) is 2.33. The fraction of sp³-hybridized carbons (Fsp3) is 0.250. The Kier molecular flexibility index (Phi) is 3.41. The van der Waals surface area contributed by atoms with Crippen LogP contribution in [0.5, 0.6) is 0 Å². The predicted octanol–water partition coefficient (Wildman–Crippen LogP) is 2.59. The van der Waals surface area contributed by atoms with Gasteiger partial charge in [-0.3, -0.25) is 4.98 Å². The molecule has 2 nitrogen and oxygen atoms in total. The first-order valence-electron chi connectivity index (χ1n) is 5.07. The van der Waals surface area contributed by atoms with Crippen molar-refractivity contribution >= 4 is 10.8 Å². The van der Waals surface area contributed by atoms with E-state index in [2.05, 4.69) is 10.3 Å². The minimum Gasteiger partial charge on any atom is -0.307 e. The number of fused-ring (bicyclic) bond motifs is 1. The summed E-state index contributed by atoms with van der Waals surface area (Å²) in [5.41, 5.74) is 0.999. The molecule has 0 aliphatic rings. The predicted molar refractivity (Wildman–Crippen MR) is 59.5 cm³/mol. The van der Waals surface area contributed by atoms with Crippen molar-refractivity contribution < 1.29 is 8.78 Å². The average molecular weight is 222 g/mol. The number of halogens is 2. The minimum atomic E-state index is -2.30. The number of nitrogens with zero attached hydrogens (tertiary/aromatic N) is 1. The lowest BCUT2D eigenvalue weighted by molar-refractivity contribution is 0.145. The van der Waals surface area contributed by atoms with Gasteiger partial charge in [-0.2, -0.15) is 0 Å². The zero-order valence-electron chi connectivity index (χ0n) is 8.66. The van der Waals surface area contributed by atoms with Crippen LogP contribution in [0.1, 0.15) is 5.56 Å². The molecule has 0 saturated carbocycles. The zero-order valence-corrected chi connectivity index (χ0v) is 8.66. The smallest absolute Gasteiger partial charge is 0.250 e. The first-order valence-corrected chi connectivity index (χ1v) is 5.07. The molecule has 1 aromatic heterocycles. The third kappa shape index (κ3) is 2.73. The number of alkyl halides is 2. The van der Waals surface area contributed by atoms with Gasteiger partial charge in [0.15, 0.2) is 0 Å². The summed E-state index contributed by atoms with van der Waals surface area (Å²) in [6, 6.07) is 7.76. The maximum atomic E-state index is 11.9. The number of benzene rings is 1. The summed E-state index contributed by atoms with van der Waals surface area (Å²) < 4.78 is 23.8. The lowest BCUT2D eigenvalue weighted by atomic mass is 10.1. The highest BCUT2D eigenvalue weighted by molar-refractivity contribution is 5.81. The van der Waals surface area contributed by atoms with E-state index in [-0.39, 0.29) is 6.54 Å². The monoisotopic (exact) mass is 222 g/mol. The second-order valence-corrected chi connectivity index (χ2v) is 3.58. The molecule has 1 heterocycles. The highest BCUT2D eigenvalue weighted by Gasteiger charge is 2.01. The number of pyridine rings is 1. The topological polar surface area (TPSA) is 24.9 Å². The fourth-order valence-electron chi connectivity index (χ4n) is 1.57. The highest BCUT2D eigenvalue weighted by Crippen LogP contribution is 2.14. The molecular weight excluding hydrogens is 210 g/mol. The number of rotatable bonds is 4. The quantitative estimate of drug-likeness (QED) is 0.860. The van der Waals surface area contributed by atoms with Gasteiger partial charge in [-0.1, -0.05) is 12.1 Å². The van der Waals surface area contributed by atoms with Crippen LogP contribution in [0.15, 0.2) is 36.7 Å². The molecule has 0 aliphatic heterocycles. The largest absolute Gasteiger partial charge is 0.307 e. The van der Waals surface area contributed by atoms with Crippen LogP contribution in [0.4, 0.5) is 8.78 Å². The van der Waals surface area contributed by atoms with Crippen LogP contribution < -0.4 is 5.32 Å². The SMILES string of the molecule is FC(F)CNCc1ccc2cnccc2c1. The molecule has 0 unspecified atom stereocenters. The van der Waals surface area contributed by atoms with Crippen LogP contribution in [0.3, 0.4) is 0 Å². The zero-order chi connectivity index (χ0) is 11.4. The van der Waals surface area contributed by atoms with Gasteiger partial charge < -0.3 is 5.32 Å². The maximum absolute atomic E-state index is 11.9. The minimum absolute atomic E-state index is 0.269. The van der Waals surface area contributed by atoms with E-state index in [1.807, 2.05) is 24.3 Å². The number of hydrogen-bond acceptors (Lipinski definition) is 2. The molecule has 4 heteroatoms. The molecule has 2 rings (SSSR count). The van der Waals surface area contributed by atoms with Gasteiger partial charge in [0, 0.05) is 24.3 Å². The number of nitrogens with one attached hydrogen (secondary N) is 1. The van der Waals surface area contributed by atoms with Crippen LogP contribution in [0, 0.1) is 0 Å². The van der Waals surface area contributed by atoms with E-state index >= 15 is 0 Å². The van der Waals surface area contributed by atoms with Gasteiger partial charge in [0.2, 0.25) is 0 Å². The molecule has 0 atom stereocenters. The highest BCUT2D eigenvalue weighted by atomic mass is 19.3. The molecule has 0 fully saturated rings. The summed E-state index contributed by atoms with van der Waals surface area (Å²) in [5.74, 6) is 0. The Balaban J connectivity index is 2.08. The molecule has 1 N–H and O–H groups in total. The second kappa shape index (κ2) is 4.99. The Morgan fingerprint density at radius 2 is 2.06 bits per heavy atom. The van der Waals surface area contributed by atoms with Gasteiger partial charge in [-0.25, -0.2) is 8.78 Å². The van der Waals surface area contributed by atoms with Gasteiger partial charge in [0.25, 0.3) is 6.43 Å². The molecule has 0 saturated heterocycles. The van der Waals surface area contributed by atoms with E-state index in [1.165, 1.54) is 0 Å². The Bertz CT molecular complexity index is 471. The van der Waals surface area contributed by atoms with Crippen molar-refractivity contribution in [2.75, 3.05) is 6.54 Å². The lowest BCUT2D eigenvalue weighted by Gasteiger charge is -2.05. The van der Waals surface area contributed by atoms with Crippen molar-refractivity contribution in [3.05, 3.63) is 42.2 Å². The van der Waals surface area contributed by atoms with Crippen LogP contribution in [0.25, 0.3) is 10.8 Å². The first-order chi connectivity index (χ1) is 7.75. The van der Waals surface area contributed by atoms with Gasteiger partial charge in [0.1, 0.15) is 0 Å². The molecule has 0 bridgehead atoms. The van der Waals surface area contributed by atoms with E-state index in [4.69, 9.17) is 0 Å². The Labute approximate surface area is 92.3 Å². The number of aromatic nitrogens is 1. The van der Waals surface area contributed by atoms with Crippen molar-refractivity contribution in [3.8, 4) is 0 Å². The number of hydrogen-bond donors (Lipinski definition) is 1. The Morgan fingerprint density at radius 3 is 2.88 bits per heavy atom. The van der Waals surface area contributed by atoms with Crippen molar-refractivity contribution in [3.63, 3.8) is 0 Å². The molecule has 0 aliphatic carbocycles. The van der Waals surface area contributed by atoms with Crippen LogP contribution in [-0.2, 0) is 6.54 Å². The maximum Gasteiger partial charge on any atom is 0.250 e. The van der Waals surface area contributed by atoms with E-state index in [0.29, 0.717) is 6.54 Å². The Morgan fingerprint density at radius 1 is 1.19 bits per heavy atom. The average Bonchev–Trinajstić information content (AvgIpc) is 2.28. The molecule has 16 heavy (non-hydrogen) atoms. The summed E-state index contributed by atoms with van der Waals surface area (Å²) in [7, 11) is 0. The molecule has 84 valence electrons. The molecule has 1 aromatic carbocycles. The van der Waals surface area contributed by atoms with Gasteiger partial charge >= 0.3 is 0 Å². The third-order valence-electron chi connectivity index (χ3n) is 2.33. The summed E-state index contributed by atoms with van der Waals surface area (Å²) in [6.45, 7) is 0.191. The van der Waals surface area contributed by atoms with Crippen molar-refractivity contribution in [2.24, 2.45) is 0 Å². The van der Waals surface area contributed by atoms with Gasteiger partial charge in [-0.05, 0) is 23.1 Å². The van der Waals surface area contributed by atoms with E-state index in [1.54, 1.807) is 12.4 Å². The second-order valence-electron chi connectivity index (χ2n) is 3.58. The van der Waals surface area contributed by atoms with Crippen molar-refractivity contribution in [1.29, 1.82) is 0 Å². The Hall–Kier alpha value is -1.55. The lowest BCUT2D eigenvalue weighted by Crippen LogP contribution is -2.20. The summed E-state index contributed by atoms with van der Waals surface area (Å²) >= 11 is 0. The van der Waals surface area contributed by atoms with E-state index in [9.17, 15) is 8.78 Å². The standard InChI is InChI=1S/C12H12F2N2/c13-12(14)8-16-6-9-1-2-11-7-15-4-3-10(11)5-9/h1-5,7,12,16H,6,8H2.